The highest BCUT2D eigenvalue weighted by molar-refractivity contribution is 7.14. The summed E-state index contributed by atoms with van der Waals surface area (Å²) in [6.07, 6.45) is 8.82. The van der Waals surface area contributed by atoms with Crippen molar-refractivity contribution in [2.75, 3.05) is 32.8 Å². The van der Waals surface area contributed by atoms with Gasteiger partial charge in [-0.2, -0.15) is 0 Å². The molecule has 5 heterocycles. The molecule has 0 aliphatic carbocycles. The van der Waals surface area contributed by atoms with E-state index in [0.29, 0.717) is 0 Å². The minimum Gasteiger partial charge on any atom is -0.370 e. The molecule has 5 rings (SSSR count). The highest BCUT2D eigenvalue weighted by Crippen LogP contribution is 2.45. The summed E-state index contributed by atoms with van der Waals surface area (Å²) in [4.78, 5) is 26.9. The van der Waals surface area contributed by atoms with Crippen LogP contribution in [0.1, 0.15) is 51.5 Å². The van der Waals surface area contributed by atoms with Crippen molar-refractivity contribution < 1.29 is 9.53 Å². The van der Waals surface area contributed by atoms with Gasteiger partial charge in [0.1, 0.15) is 0 Å². The molecule has 144 valence electrons. The summed E-state index contributed by atoms with van der Waals surface area (Å²) in [5.74, 6) is 0.221. The molecule has 3 aliphatic rings. The van der Waals surface area contributed by atoms with E-state index in [4.69, 9.17) is 4.74 Å². The van der Waals surface area contributed by atoms with E-state index in [9.17, 15) is 4.79 Å². The van der Waals surface area contributed by atoms with Crippen LogP contribution in [0.15, 0.2) is 18.6 Å². The number of carbonyl (C=O) groups is 1. The van der Waals surface area contributed by atoms with Crippen molar-refractivity contribution in [3.05, 3.63) is 39.6 Å². The predicted molar refractivity (Wildman–Crippen MR) is 104 cm³/mol. The molecule has 2 aromatic heterocycles. The van der Waals surface area contributed by atoms with Crippen LogP contribution in [0.25, 0.3) is 0 Å². The number of rotatable bonds is 3. The second-order valence-corrected chi connectivity index (χ2v) is 9.03. The number of likely N-dealkylation sites (tertiary alicyclic amines) is 2. The SMILES string of the molecule is O=C(c1cc2c(s1)CCOC21CCN(Cc2cnc[nH]2)CC1)N1CCCC1. The Morgan fingerprint density at radius 2 is 2.07 bits per heavy atom. The Bertz CT molecular complexity index is 802. The molecule has 6 nitrogen and oxygen atoms in total. The summed E-state index contributed by atoms with van der Waals surface area (Å²) in [6.45, 7) is 5.50. The van der Waals surface area contributed by atoms with E-state index >= 15 is 0 Å². The number of aromatic nitrogens is 2. The molecular weight excluding hydrogens is 360 g/mol. The van der Waals surface area contributed by atoms with Gasteiger partial charge in [0.05, 0.1) is 23.4 Å². The average molecular weight is 387 g/mol. The Hall–Kier alpha value is -1.70. The lowest BCUT2D eigenvalue weighted by molar-refractivity contribution is -0.0981. The molecule has 7 heteroatoms. The zero-order valence-electron chi connectivity index (χ0n) is 15.6. The summed E-state index contributed by atoms with van der Waals surface area (Å²) in [5.41, 5.74) is 2.26. The summed E-state index contributed by atoms with van der Waals surface area (Å²) >= 11 is 1.70. The molecule has 27 heavy (non-hydrogen) atoms. The van der Waals surface area contributed by atoms with Gasteiger partial charge in [0.15, 0.2) is 0 Å². The van der Waals surface area contributed by atoms with Crippen molar-refractivity contribution in [1.82, 2.24) is 19.8 Å². The van der Waals surface area contributed by atoms with Crippen molar-refractivity contribution in [3.63, 3.8) is 0 Å². The van der Waals surface area contributed by atoms with E-state index in [-0.39, 0.29) is 11.5 Å². The maximum Gasteiger partial charge on any atom is 0.263 e. The number of ether oxygens (including phenoxy) is 1. The number of thiophene rings is 1. The normalized spacial score (nSPS) is 22.3. The van der Waals surface area contributed by atoms with Crippen LogP contribution in [-0.2, 0) is 23.3 Å². The molecule has 0 unspecified atom stereocenters. The van der Waals surface area contributed by atoms with Crippen molar-refractivity contribution in [3.8, 4) is 0 Å². The van der Waals surface area contributed by atoms with E-state index in [1.165, 1.54) is 10.4 Å². The van der Waals surface area contributed by atoms with Gasteiger partial charge < -0.3 is 14.6 Å². The molecule has 2 aromatic rings. The van der Waals surface area contributed by atoms with E-state index in [2.05, 4.69) is 20.9 Å². The molecule has 1 N–H and O–H groups in total. The number of carbonyl (C=O) groups excluding carboxylic acids is 1. The van der Waals surface area contributed by atoms with Gasteiger partial charge in [0, 0.05) is 55.9 Å². The van der Waals surface area contributed by atoms with Gasteiger partial charge in [0.2, 0.25) is 0 Å². The third kappa shape index (κ3) is 3.22. The average Bonchev–Trinajstić information content (AvgIpc) is 3.45. The first-order valence-corrected chi connectivity index (χ1v) is 10.8. The lowest BCUT2D eigenvalue weighted by Gasteiger charge is -2.44. The Kier molecular flexibility index (Phi) is 4.53. The van der Waals surface area contributed by atoms with Crippen LogP contribution < -0.4 is 0 Å². The number of hydrogen-bond acceptors (Lipinski definition) is 5. The van der Waals surface area contributed by atoms with Crippen molar-refractivity contribution in [1.29, 1.82) is 0 Å². The fraction of sp³-hybridized carbons (Fsp3) is 0.600. The second kappa shape index (κ2) is 7.04. The van der Waals surface area contributed by atoms with Crippen LogP contribution in [0.3, 0.4) is 0 Å². The first-order chi connectivity index (χ1) is 13.2. The third-order valence-corrected chi connectivity index (χ3v) is 7.41. The van der Waals surface area contributed by atoms with E-state index < -0.39 is 0 Å². The maximum atomic E-state index is 12.8. The number of aromatic amines is 1. The zero-order chi connectivity index (χ0) is 18.3. The number of fused-ring (bicyclic) bond motifs is 2. The molecule has 1 amide bonds. The molecule has 0 saturated carbocycles. The molecule has 3 aliphatic heterocycles. The lowest BCUT2D eigenvalue weighted by Crippen LogP contribution is -2.45. The number of H-pyrrole nitrogens is 1. The van der Waals surface area contributed by atoms with Crippen molar-refractivity contribution in [2.24, 2.45) is 0 Å². The molecular formula is C20H26N4O2S. The van der Waals surface area contributed by atoms with Gasteiger partial charge in [-0.15, -0.1) is 11.3 Å². The Balaban J connectivity index is 1.33. The highest BCUT2D eigenvalue weighted by Gasteiger charge is 2.42. The Morgan fingerprint density at radius 1 is 1.26 bits per heavy atom. The molecule has 2 saturated heterocycles. The quantitative estimate of drug-likeness (QED) is 0.881. The summed E-state index contributed by atoms with van der Waals surface area (Å²) in [6, 6.07) is 2.16. The van der Waals surface area contributed by atoms with Crippen molar-refractivity contribution in [2.45, 2.75) is 44.2 Å². The monoisotopic (exact) mass is 386 g/mol. The largest absolute Gasteiger partial charge is 0.370 e. The smallest absolute Gasteiger partial charge is 0.263 e. The van der Waals surface area contributed by atoms with Crippen LogP contribution in [0, 0.1) is 0 Å². The first-order valence-electron chi connectivity index (χ1n) is 10.00. The highest BCUT2D eigenvalue weighted by atomic mass is 32.1. The van der Waals surface area contributed by atoms with Crippen LogP contribution in [0.5, 0.6) is 0 Å². The number of imidazole rings is 1. The van der Waals surface area contributed by atoms with Gasteiger partial charge in [-0.3, -0.25) is 9.69 Å². The summed E-state index contributed by atoms with van der Waals surface area (Å²) in [7, 11) is 0. The van der Waals surface area contributed by atoms with Crippen LogP contribution in [0.2, 0.25) is 0 Å². The minimum atomic E-state index is -0.196. The Labute approximate surface area is 163 Å². The fourth-order valence-corrected chi connectivity index (χ4v) is 5.90. The summed E-state index contributed by atoms with van der Waals surface area (Å²) < 4.78 is 6.37. The van der Waals surface area contributed by atoms with Gasteiger partial charge in [-0.25, -0.2) is 4.98 Å². The third-order valence-electron chi connectivity index (χ3n) is 6.22. The number of piperidine rings is 1. The Morgan fingerprint density at radius 3 is 2.81 bits per heavy atom. The first kappa shape index (κ1) is 17.4. The number of hydrogen-bond donors (Lipinski definition) is 1. The minimum absolute atomic E-state index is 0.196. The maximum absolute atomic E-state index is 12.8. The molecule has 2 fully saturated rings. The molecule has 0 radical (unpaired) electrons. The molecule has 0 aromatic carbocycles. The van der Waals surface area contributed by atoms with Crippen LogP contribution >= 0.6 is 11.3 Å². The van der Waals surface area contributed by atoms with Gasteiger partial charge in [0.25, 0.3) is 5.91 Å². The van der Waals surface area contributed by atoms with E-state index in [1.54, 1.807) is 17.7 Å². The van der Waals surface area contributed by atoms with Crippen LogP contribution in [0.4, 0.5) is 0 Å². The lowest BCUT2D eigenvalue weighted by atomic mass is 9.82. The molecule has 1 spiro atoms. The van der Waals surface area contributed by atoms with Gasteiger partial charge in [-0.05, 0) is 37.3 Å². The predicted octanol–water partition coefficient (Wildman–Crippen LogP) is 2.77. The fourth-order valence-electron chi connectivity index (χ4n) is 4.70. The molecule has 0 bridgehead atoms. The van der Waals surface area contributed by atoms with E-state index in [0.717, 1.165) is 82.0 Å². The van der Waals surface area contributed by atoms with E-state index in [1.807, 2.05) is 11.1 Å². The van der Waals surface area contributed by atoms with Crippen molar-refractivity contribution >= 4 is 17.2 Å². The van der Waals surface area contributed by atoms with Crippen LogP contribution in [-0.4, -0.2) is 58.5 Å². The van der Waals surface area contributed by atoms with Gasteiger partial charge in [-0.1, -0.05) is 0 Å². The van der Waals surface area contributed by atoms with Gasteiger partial charge >= 0.3 is 0 Å². The summed E-state index contributed by atoms with van der Waals surface area (Å²) in [5, 5.41) is 0. The standard InChI is InChI=1S/C20H26N4O2S/c25-19(24-6-1-2-7-24)18-11-16-17(27-18)3-10-26-20(16)4-8-23(9-5-20)13-15-12-21-14-22-15/h11-12,14H,1-10,13H2,(H,21,22). The zero-order valence-corrected chi connectivity index (χ0v) is 16.4. The number of nitrogens with one attached hydrogen (secondary N) is 1. The topological polar surface area (TPSA) is 61.5 Å². The number of amides is 1. The molecule has 0 atom stereocenters. The second-order valence-electron chi connectivity index (χ2n) is 7.89. The number of nitrogens with zero attached hydrogens (tertiary/aromatic N) is 3.